The van der Waals surface area contributed by atoms with Crippen molar-refractivity contribution in [2.45, 2.75) is 6.18 Å². The molecule has 0 aliphatic heterocycles. The van der Waals surface area contributed by atoms with Crippen molar-refractivity contribution in [1.82, 2.24) is 0 Å². The summed E-state index contributed by atoms with van der Waals surface area (Å²) in [6.45, 7) is 0. The summed E-state index contributed by atoms with van der Waals surface area (Å²) in [7, 11) is 0. The first-order valence-corrected chi connectivity index (χ1v) is 5.64. The average Bonchev–Trinajstić information content (AvgIpc) is 2.76. The SMILES string of the molecule is O=Cc1ccc(-c2cccc(C(F)(F)F)c2Br)o1. The monoisotopic (exact) mass is 318 g/mol. The van der Waals surface area contributed by atoms with E-state index in [0.29, 0.717) is 6.29 Å². The van der Waals surface area contributed by atoms with Gasteiger partial charge in [0.2, 0.25) is 0 Å². The van der Waals surface area contributed by atoms with Gasteiger partial charge in [-0.25, -0.2) is 0 Å². The van der Waals surface area contributed by atoms with Gasteiger partial charge in [0, 0.05) is 10.0 Å². The summed E-state index contributed by atoms with van der Waals surface area (Å²) in [5.41, 5.74) is -0.540. The molecule has 0 spiro atoms. The number of rotatable bonds is 2. The lowest BCUT2D eigenvalue weighted by molar-refractivity contribution is -0.138. The molecule has 0 unspecified atom stereocenters. The van der Waals surface area contributed by atoms with Crippen molar-refractivity contribution >= 4 is 22.2 Å². The van der Waals surface area contributed by atoms with Crippen LogP contribution in [0, 0.1) is 0 Å². The van der Waals surface area contributed by atoms with Crippen LogP contribution in [-0.4, -0.2) is 6.29 Å². The van der Waals surface area contributed by atoms with E-state index in [4.69, 9.17) is 4.42 Å². The van der Waals surface area contributed by atoms with Crippen LogP contribution in [0.2, 0.25) is 0 Å². The lowest BCUT2D eigenvalue weighted by Gasteiger charge is -2.11. The smallest absolute Gasteiger partial charge is 0.417 e. The van der Waals surface area contributed by atoms with E-state index in [9.17, 15) is 18.0 Å². The molecular formula is C12H6BrF3O2. The number of furan rings is 1. The Balaban J connectivity index is 2.55. The summed E-state index contributed by atoms with van der Waals surface area (Å²) < 4.78 is 43.1. The second-order valence-electron chi connectivity index (χ2n) is 3.48. The lowest BCUT2D eigenvalue weighted by Crippen LogP contribution is -2.06. The molecule has 2 rings (SSSR count). The maximum atomic E-state index is 12.7. The van der Waals surface area contributed by atoms with Crippen molar-refractivity contribution in [2.24, 2.45) is 0 Å². The molecule has 0 bridgehead atoms. The fourth-order valence-electron chi connectivity index (χ4n) is 1.50. The summed E-state index contributed by atoms with van der Waals surface area (Å²) in [6, 6.07) is 6.58. The van der Waals surface area contributed by atoms with Crippen LogP contribution in [0.15, 0.2) is 39.2 Å². The Morgan fingerprint density at radius 3 is 2.44 bits per heavy atom. The number of hydrogen-bond donors (Lipinski definition) is 0. The zero-order valence-corrected chi connectivity index (χ0v) is 10.4. The van der Waals surface area contributed by atoms with Crippen molar-refractivity contribution in [1.29, 1.82) is 0 Å². The minimum absolute atomic E-state index is 0.0642. The van der Waals surface area contributed by atoms with Gasteiger partial charge >= 0.3 is 6.18 Å². The molecular weight excluding hydrogens is 313 g/mol. The van der Waals surface area contributed by atoms with Crippen LogP contribution in [0.3, 0.4) is 0 Å². The number of aldehydes is 1. The van der Waals surface area contributed by atoms with Crippen LogP contribution in [0.4, 0.5) is 13.2 Å². The van der Waals surface area contributed by atoms with E-state index in [0.717, 1.165) is 6.07 Å². The molecule has 1 aromatic carbocycles. The topological polar surface area (TPSA) is 30.2 Å². The first kappa shape index (κ1) is 12.9. The van der Waals surface area contributed by atoms with E-state index in [-0.39, 0.29) is 21.6 Å². The fraction of sp³-hybridized carbons (Fsp3) is 0.0833. The van der Waals surface area contributed by atoms with E-state index >= 15 is 0 Å². The first-order chi connectivity index (χ1) is 8.43. The van der Waals surface area contributed by atoms with Gasteiger partial charge in [0.1, 0.15) is 5.76 Å². The standard InChI is InChI=1S/C12H6BrF3O2/c13-11-8(10-5-4-7(6-17)18-10)2-1-3-9(11)12(14,15)16/h1-6H. The van der Waals surface area contributed by atoms with E-state index in [1.807, 2.05) is 0 Å². The lowest BCUT2D eigenvalue weighted by atomic mass is 10.1. The molecule has 6 heteroatoms. The Morgan fingerprint density at radius 2 is 1.89 bits per heavy atom. The maximum absolute atomic E-state index is 12.7. The van der Waals surface area contributed by atoms with Crippen molar-refractivity contribution in [3.63, 3.8) is 0 Å². The Hall–Kier alpha value is -1.56. The molecule has 1 heterocycles. The third-order valence-corrected chi connectivity index (χ3v) is 3.17. The number of alkyl halides is 3. The van der Waals surface area contributed by atoms with E-state index < -0.39 is 11.7 Å². The Bertz CT molecular complexity index is 587. The van der Waals surface area contributed by atoms with Gasteiger partial charge in [0.15, 0.2) is 12.0 Å². The van der Waals surface area contributed by atoms with E-state index in [2.05, 4.69) is 15.9 Å². The highest BCUT2D eigenvalue weighted by atomic mass is 79.9. The third-order valence-electron chi connectivity index (χ3n) is 2.31. The van der Waals surface area contributed by atoms with Gasteiger partial charge in [-0.15, -0.1) is 0 Å². The molecule has 0 saturated heterocycles. The predicted molar refractivity (Wildman–Crippen MR) is 62.2 cm³/mol. The van der Waals surface area contributed by atoms with E-state index in [1.54, 1.807) is 0 Å². The number of benzene rings is 1. The minimum atomic E-state index is -4.45. The Kier molecular flexibility index (Phi) is 3.30. The molecule has 2 nitrogen and oxygen atoms in total. The molecule has 0 aliphatic rings. The molecule has 1 aromatic heterocycles. The molecule has 0 fully saturated rings. The summed E-state index contributed by atoms with van der Waals surface area (Å²) in [5.74, 6) is 0.268. The normalized spacial score (nSPS) is 11.6. The molecule has 0 atom stereocenters. The number of hydrogen-bond acceptors (Lipinski definition) is 2. The number of carbonyl (C=O) groups excluding carboxylic acids is 1. The van der Waals surface area contributed by atoms with Crippen LogP contribution in [-0.2, 0) is 6.18 Å². The fourth-order valence-corrected chi connectivity index (χ4v) is 2.19. The predicted octanol–water partition coefficient (Wildman–Crippen LogP) is 4.54. The average molecular weight is 319 g/mol. The van der Waals surface area contributed by atoms with Gasteiger partial charge in [0.25, 0.3) is 0 Å². The van der Waals surface area contributed by atoms with Gasteiger partial charge in [-0.1, -0.05) is 12.1 Å². The zero-order chi connectivity index (χ0) is 13.3. The van der Waals surface area contributed by atoms with E-state index in [1.165, 1.54) is 24.3 Å². The minimum Gasteiger partial charge on any atom is -0.453 e. The summed E-state index contributed by atoms with van der Waals surface area (Å²) in [5, 5.41) is 0. The van der Waals surface area contributed by atoms with Gasteiger partial charge < -0.3 is 4.42 Å². The maximum Gasteiger partial charge on any atom is 0.417 e. The molecule has 94 valence electrons. The largest absolute Gasteiger partial charge is 0.453 e. The van der Waals surface area contributed by atoms with Gasteiger partial charge in [-0.05, 0) is 34.1 Å². The molecule has 0 aliphatic carbocycles. The van der Waals surface area contributed by atoms with Gasteiger partial charge in [-0.3, -0.25) is 4.79 Å². The Labute approximate surface area is 109 Å². The molecule has 0 saturated carbocycles. The second kappa shape index (κ2) is 4.61. The van der Waals surface area contributed by atoms with Crippen molar-refractivity contribution in [3.8, 4) is 11.3 Å². The van der Waals surface area contributed by atoms with Crippen LogP contribution >= 0.6 is 15.9 Å². The Morgan fingerprint density at radius 1 is 1.17 bits per heavy atom. The van der Waals surface area contributed by atoms with Crippen LogP contribution in [0.5, 0.6) is 0 Å². The summed E-state index contributed by atoms with van der Waals surface area (Å²) >= 11 is 2.92. The van der Waals surface area contributed by atoms with Crippen LogP contribution in [0.1, 0.15) is 16.1 Å². The summed E-state index contributed by atoms with van der Waals surface area (Å²) in [6.07, 6.45) is -3.96. The van der Waals surface area contributed by atoms with Gasteiger partial charge in [0.05, 0.1) is 5.56 Å². The second-order valence-corrected chi connectivity index (χ2v) is 4.28. The van der Waals surface area contributed by atoms with Crippen molar-refractivity contribution in [3.05, 3.63) is 46.1 Å². The van der Waals surface area contributed by atoms with Crippen molar-refractivity contribution < 1.29 is 22.4 Å². The summed E-state index contributed by atoms with van der Waals surface area (Å²) in [4.78, 5) is 10.5. The van der Waals surface area contributed by atoms with Gasteiger partial charge in [-0.2, -0.15) is 13.2 Å². The number of halogens is 4. The highest BCUT2D eigenvalue weighted by Crippen LogP contribution is 2.40. The van der Waals surface area contributed by atoms with Crippen molar-refractivity contribution in [2.75, 3.05) is 0 Å². The molecule has 0 amide bonds. The molecule has 0 N–H and O–H groups in total. The van der Waals surface area contributed by atoms with Crippen LogP contribution in [0.25, 0.3) is 11.3 Å². The first-order valence-electron chi connectivity index (χ1n) is 4.84. The zero-order valence-electron chi connectivity index (χ0n) is 8.79. The third kappa shape index (κ3) is 2.33. The molecule has 18 heavy (non-hydrogen) atoms. The highest BCUT2D eigenvalue weighted by molar-refractivity contribution is 9.10. The highest BCUT2D eigenvalue weighted by Gasteiger charge is 2.34. The quantitative estimate of drug-likeness (QED) is 0.761. The number of carbonyl (C=O) groups is 1. The molecule has 0 radical (unpaired) electrons. The van der Waals surface area contributed by atoms with Crippen LogP contribution < -0.4 is 0 Å². The molecule has 2 aromatic rings.